The van der Waals surface area contributed by atoms with Crippen LogP contribution in [0.15, 0.2) is 47.8 Å². The minimum absolute atomic E-state index is 0.276. The Morgan fingerprint density at radius 3 is 2.29 bits per heavy atom. The van der Waals surface area contributed by atoms with E-state index in [-0.39, 0.29) is 5.75 Å². The van der Waals surface area contributed by atoms with Gasteiger partial charge in [0.25, 0.3) is 0 Å². The summed E-state index contributed by atoms with van der Waals surface area (Å²) in [6.07, 6.45) is 0.846. The van der Waals surface area contributed by atoms with E-state index < -0.39 is 0 Å². The number of phenols is 2. The summed E-state index contributed by atoms with van der Waals surface area (Å²) in [5.74, 6) is 0.586. The highest BCUT2D eigenvalue weighted by atomic mass is 32.1. The maximum Gasteiger partial charge on any atom is 0.116 e. The minimum Gasteiger partial charge on any atom is -0.508 e. The fourth-order valence-electron chi connectivity index (χ4n) is 3.48. The quantitative estimate of drug-likeness (QED) is 0.668. The topological polar surface area (TPSA) is 40.5 Å². The first-order valence-corrected chi connectivity index (χ1v) is 8.82. The smallest absolute Gasteiger partial charge is 0.116 e. The molecule has 0 saturated carbocycles. The number of benzene rings is 2. The van der Waals surface area contributed by atoms with Crippen molar-refractivity contribution in [3.8, 4) is 11.5 Å². The predicted octanol–water partition coefficient (Wildman–Crippen LogP) is 5.29. The van der Waals surface area contributed by atoms with Crippen LogP contribution in [0.2, 0.25) is 0 Å². The van der Waals surface area contributed by atoms with Gasteiger partial charge < -0.3 is 10.2 Å². The Balaban J connectivity index is 2.00. The van der Waals surface area contributed by atoms with E-state index >= 15 is 0 Å². The Kier molecular flexibility index (Phi) is 3.47. The maximum absolute atomic E-state index is 10.1. The van der Waals surface area contributed by atoms with Gasteiger partial charge in [-0.05, 0) is 89.4 Å². The molecule has 0 amide bonds. The Bertz CT molecular complexity index is 962. The van der Waals surface area contributed by atoms with Gasteiger partial charge in [0.2, 0.25) is 0 Å². The van der Waals surface area contributed by atoms with Crippen molar-refractivity contribution in [1.82, 2.24) is 0 Å². The van der Waals surface area contributed by atoms with Gasteiger partial charge in [-0.2, -0.15) is 0 Å². The number of hydrogen-bond donors (Lipinski definition) is 2. The van der Waals surface area contributed by atoms with Gasteiger partial charge in [-0.15, -0.1) is 11.3 Å². The van der Waals surface area contributed by atoms with E-state index in [0.29, 0.717) is 5.75 Å². The standard InChI is InChI=1S/C21H18O2S/c1-12-7-8-24-21(12)20-18(14-3-5-15(22)6-4-14)11-17-13(2)9-16(23)10-19(17)20/h3-10,22-23H,11H2,1-2H3. The second kappa shape index (κ2) is 5.53. The Morgan fingerprint density at radius 1 is 0.875 bits per heavy atom. The third-order valence-corrected chi connectivity index (χ3v) is 5.72. The van der Waals surface area contributed by atoms with E-state index in [1.807, 2.05) is 24.3 Å². The molecule has 0 atom stereocenters. The fourth-order valence-corrected chi connectivity index (χ4v) is 4.49. The van der Waals surface area contributed by atoms with Gasteiger partial charge in [-0.1, -0.05) is 12.1 Å². The summed E-state index contributed by atoms with van der Waals surface area (Å²) >= 11 is 1.73. The first kappa shape index (κ1) is 15.0. The normalized spacial score (nSPS) is 13.4. The second-order valence-electron chi connectivity index (χ2n) is 6.30. The van der Waals surface area contributed by atoms with Crippen LogP contribution < -0.4 is 0 Å². The third-order valence-electron chi connectivity index (χ3n) is 4.69. The highest BCUT2D eigenvalue weighted by Gasteiger charge is 2.27. The van der Waals surface area contributed by atoms with Gasteiger partial charge in [-0.25, -0.2) is 0 Å². The van der Waals surface area contributed by atoms with Gasteiger partial charge in [0.15, 0.2) is 0 Å². The third kappa shape index (κ3) is 2.33. The van der Waals surface area contributed by atoms with Crippen LogP contribution in [0.3, 0.4) is 0 Å². The molecule has 2 aromatic carbocycles. The molecule has 0 radical (unpaired) electrons. The summed E-state index contributed by atoms with van der Waals surface area (Å²) in [5.41, 5.74) is 8.35. The summed E-state index contributed by atoms with van der Waals surface area (Å²) in [6, 6.07) is 13.2. The Labute approximate surface area is 145 Å². The Hall–Kier alpha value is -2.52. The lowest BCUT2D eigenvalue weighted by Crippen LogP contribution is -1.90. The van der Waals surface area contributed by atoms with Gasteiger partial charge in [0, 0.05) is 10.5 Å². The van der Waals surface area contributed by atoms with Crippen LogP contribution in [-0.2, 0) is 6.42 Å². The molecular formula is C21H18O2S. The Morgan fingerprint density at radius 2 is 1.62 bits per heavy atom. The monoisotopic (exact) mass is 334 g/mol. The number of aryl methyl sites for hydroxylation is 2. The molecule has 0 unspecified atom stereocenters. The highest BCUT2D eigenvalue weighted by molar-refractivity contribution is 7.11. The molecule has 4 rings (SSSR count). The van der Waals surface area contributed by atoms with E-state index in [9.17, 15) is 10.2 Å². The van der Waals surface area contributed by atoms with E-state index in [1.165, 1.54) is 27.2 Å². The lowest BCUT2D eigenvalue weighted by Gasteiger charge is -2.10. The molecule has 0 saturated heterocycles. The molecule has 1 aliphatic rings. The summed E-state index contributed by atoms with van der Waals surface area (Å²) in [6.45, 7) is 4.18. The van der Waals surface area contributed by atoms with Gasteiger partial charge >= 0.3 is 0 Å². The molecule has 0 fully saturated rings. The molecule has 1 heterocycles. The van der Waals surface area contributed by atoms with E-state index in [4.69, 9.17) is 0 Å². The van der Waals surface area contributed by atoms with Crippen molar-refractivity contribution in [3.63, 3.8) is 0 Å². The summed E-state index contributed by atoms with van der Waals surface area (Å²) in [5, 5.41) is 21.8. The van der Waals surface area contributed by atoms with Crippen molar-refractivity contribution >= 4 is 22.5 Å². The fraction of sp³-hybridized carbons (Fsp3) is 0.143. The van der Waals surface area contributed by atoms with E-state index in [0.717, 1.165) is 23.1 Å². The van der Waals surface area contributed by atoms with Crippen molar-refractivity contribution in [2.45, 2.75) is 20.3 Å². The van der Waals surface area contributed by atoms with Crippen LogP contribution in [0.5, 0.6) is 11.5 Å². The van der Waals surface area contributed by atoms with Crippen molar-refractivity contribution in [2.75, 3.05) is 0 Å². The van der Waals surface area contributed by atoms with E-state index in [2.05, 4.69) is 25.3 Å². The molecule has 1 aliphatic carbocycles. The van der Waals surface area contributed by atoms with Crippen molar-refractivity contribution in [2.24, 2.45) is 0 Å². The van der Waals surface area contributed by atoms with Crippen molar-refractivity contribution in [3.05, 3.63) is 80.5 Å². The van der Waals surface area contributed by atoms with Crippen LogP contribution in [0.1, 0.15) is 32.7 Å². The zero-order valence-electron chi connectivity index (χ0n) is 13.6. The zero-order valence-corrected chi connectivity index (χ0v) is 14.4. The number of rotatable bonds is 2. The molecule has 1 aromatic heterocycles. The van der Waals surface area contributed by atoms with Crippen LogP contribution in [-0.4, -0.2) is 10.2 Å². The van der Waals surface area contributed by atoms with Gasteiger partial charge in [0.05, 0.1) is 0 Å². The predicted molar refractivity (Wildman–Crippen MR) is 99.6 cm³/mol. The van der Waals surface area contributed by atoms with Crippen molar-refractivity contribution in [1.29, 1.82) is 0 Å². The van der Waals surface area contributed by atoms with Crippen LogP contribution in [0, 0.1) is 13.8 Å². The van der Waals surface area contributed by atoms with Crippen LogP contribution in [0.25, 0.3) is 11.1 Å². The lowest BCUT2D eigenvalue weighted by atomic mass is 9.97. The van der Waals surface area contributed by atoms with E-state index in [1.54, 1.807) is 23.5 Å². The molecule has 2 N–H and O–H groups in total. The van der Waals surface area contributed by atoms with Crippen LogP contribution >= 0.6 is 11.3 Å². The molecule has 0 bridgehead atoms. The SMILES string of the molecule is Cc1ccsc1C1=C(c2ccc(O)cc2)Cc2c(C)cc(O)cc21. The average molecular weight is 334 g/mol. The molecule has 120 valence electrons. The average Bonchev–Trinajstić information content (AvgIpc) is 3.11. The largest absolute Gasteiger partial charge is 0.508 e. The molecular weight excluding hydrogens is 316 g/mol. The second-order valence-corrected chi connectivity index (χ2v) is 7.21. The first-order chi connectivity index (χ1) is 11.5. The minimum atomic E-state index is 0.276. The summed E-state index contributed by atoms with van der Waals surface area (Å²) < 4.78 is 0. The molecule has 3 aromatic rings. The number of aromatic hydroxyl groups is 2. The number of fused-ring (bicyclic) bond motifs is 1. The maximum atomic E-state index is 10.1. The summed E-state index contributed by atoms with van der Waals surface area (Å²) in [7, 11) is 0. The molecule has 24 heavy (non-hydrogen) atoms. The molecule has 0 aliphatic heterocycles. The summed E-state index contributed by atoms with van der Waals surface area (Å²) in [4.78, 5) is 1.25. The van der Waals surface area contributed by atoms with Crippen LogP contribution in [0.4, 0.5) is 0 Å². The van der Waals surface area contributed by atoms with Gasteiger partial charge in [0.1, 0.15) is 11.5 Å². The number of hydrogen-bond acceptors (Lipinski definition) is 3. The lowest BCUT2D eigenvalue weighted by molar-refractivity contribution is 0.474. The van der Waals surface area contributed by atoms with Crippen molar-refractivity contribution < 1.29 is 10.2 Å². The zero-order chi connectivity index (χ0) is 16.8. The molecule has 0 spiro atoms. The molecule has 3 heteroatoms. The highest BCUT2D eigenvalue weighted by Crippen LogP contribution is 2.46. The van der Waals surface area contributed by atoms with Gasteiger partial charge in [-0.3, -0.25) is 0 Å². The molecule has 2 nitrogen and oxygen atoms in total. The number of allylic oxidation sites excluding steroid dienone is 1. The number of thiophene rings is 1. The first-order valence-electron chi connectivity index (χ1n) is 7.94. The number of phenolic OH excluding ortho intramolecular Hbond substituents is 2.